The molecule has 110 valence electrons. The number of rotatable bonds is 2. The highest BCUT2D eigenvalue weighted by Crippen LogP contribution is 2.38. The largest absolute Gasteiger partial charge is 0.342 e. The van der Waals surface area contributed by atoms with E-state index in [4.69, 9.17) is 0 Å². The molecule has 0 aromatic carbocycles. The predicted molar refractivity (Wildman–Crippen MR) is 79.0 cm³/mol. The molecule has 0 aromatic heterocycles. The van der Waals surface area contributed by atoms with Gasteiger partial charge in [-0.1, -0.05) is 20.8 Å². The standard InChI is InChI=1S/C16H30N2O/c1-15(2)7-5-13(6-8-15)18(4)14(19)16(3)9-11-17-12-10-16/h13,17H,5-12H2,1-4H3. The summed E-state index contributed by atoms with van der Waals surface area (Å²) in [6.45, 7) is 8.80. The average molecular weight is 266 g/mol. The van der Waals surface area contributed by atoms with Gasteiger partial charge >= 0.3 is 0 Å². The second-order valence-electron chi connectivity index (χ2n) is 7.62. The molecule has 0 atom stereocenters. The molecule has 0 unspecified atom stereocenters. The second-order valence-corrected chi connectivity index (χ2v) is 7.62. The molecule has 0 spiro atoms. The first-order chi connectivity index (χ1) is 8.84. The van der Waals surface area contributed by atoms with Crippen LogP contribution in [0.5, 0.6) is 0 Å². The van der Waals surface area contributed by atoms with E-state index in [0.29, 0.717) is 17.4 Å². The molecule has 1 aliphatic carbocycles. The van der Waals surface area contributed by atoms with Crippen LogP contribution in [0.15, 0.2) is 0 Å². The molecule has 3 heteroatoms. The first kappa shape index (κ1) is 14.8. The fourth-order valence-electron chi connectivity index (χ4n) is 3.56. The summed E-state index contributed by atoms with van der Waals surface area (Å²) in [6.07, 6.45) is 6.79. The summed E-state index contributed by atoms with van der Waals surface area (Å²) < 4.78 is 0. The van der Waals surface area contributed by atoms with Gasteiger partial charge in [0.05, 0.1) is 0 Å². The minimum absolute atomic E-state index is 0.132. The molecule has 1 heterocycles. The van der Waals surface area contributed by atoms with Gasteiger partial charge in [0.1, 0.15) is 0 Å². The molecule has 1 saturated carbocycles. The number of nitrogens with one attached hydrogen (secondary N) is 1. The molecule has 2 fully saturated rings. The molecule has 19 heavy (non-hydrogen) atoms. The van der Waals surface area contributed by atoms with E-state index >= 15 is 0 Å². The average Bonchev–Trinajstić information content (AvgIpc) is 2.38. The van der Waals surface area contributed by atoms with Crippen LogP contribution in [0.4, 0.5) is 0 Å². The summed E-state index contributed by atoms with van der Waals surface area (Å²) >= 11 is 0. The summed E-state index contributed by atoms with van der Waals surface area (Å²) in [5.41, 5.74) is 0.339. The van der Waals surface area contributed by atoms with Gasteiger partial charge in [-0.2, -0.15) is 0 Å². The van der Waals surface area contributed by atoms with E-state index in [1.54, 1.807) is 0 Å². The van der Waals surface area contributed by atoms with Crippen molar-refractivity contribution in [1.82, 2.24) is 10.2 Å². The van der Waals surface area contributed by atoms with Gasteiger partial charge in [-0.05, 0) is 57.0 Å². The SMILES string of the molecule is CN(C(=O)C1(C)CCNCC1)C1CCC(C)(C)CC1. The Kier molecular flexibility index (Phi) is 4.24. The Bertz CT molecular complexity index is 322. The third-order valence-corrected chi connectivity index (χ3v) is 5.40. The third kappa shape index (κ3) is 3.31. The fourth-order valence-corrected chi connectivity index (χ4v) is 3.56. The first-order valence-corrected chi connectivity index (χ1v) is 7.82. The Hall–Kier alpha value is -0.570. The number of carbonyl (C=O) groups is 1. The molecule has 2 aliphatic rings. The van der Waals surface area contributed by atoms with Crippen LogP contribution >= 0.6 is 0 Å². The molecule has 0 bridgehead atoms. The van der Waals surface area contributed by atoms with Gasteiger partial charge in [-0.25, -0.2) is 0 Å². The second kappa shape index (κ2) is 5.43. The maximum atomic E-state index is 12.8. The molecular weight excluding hydrogens is 236 g/mol. The number of piperidine rings is 1. The molecule has 0 aromatic rings. The van der Waals surface area contributed by atoms with Gasteiger partial charge in [0.15, 0.2) is 0 Å². The molecule has 1 saturated heterocycles. The van der Waals surface area contributed by atoms with Gasteiger partial charge in [-0.3, -0.25) is 4.79 Å². The lowest BCUT2D eigenvalue weighted by Crippen LogP contribution is -2.50. The summed E-state index contributed by atoms with van der Waals surface area (Å²) in [6, 6.07) is 0.465. The summed E-state index contributed by atoms with van der Waals surface area (Å²) in [5, 5.41) is 3.35. The summed E-state index contributed by atoms with van der Waals surface area (Å²) in [7, 11) is 2.03. The highest BCUT2D eigenvalue weighted by atomic mass is 16.2. The molecule has 1 amide bonds. The lowest BCUT2D eigenvalue weighted by atomic mass is 9.74. The maximum absolute atomic E-state index is 12.8. The van der Waals surface area contributed by atoms with Gasteiger partial charge in [0.25, 0.3) is 0 Å². The molecule has 3 nitrogen and oxygen atoms in total. The summed E-state index contributed by atoms with van der Waals surface area (Å²) in [4.78, 5) is 14.8. The molecule has 1 N–H and O–H groups in total. The topological polar surface area (TPSA) is 32.3 Å². The zero-order chi connectivity index (χ0) is 14.1. The van der Waals surface area contributed by atoms with Crippen LogP contribution in [0.3, 0.4) is 0 Å². The van der Waals surface area contributed by atoms with E-state index < -0.39 is 0 Å². The van der Waals surface area contributed by atoms with E-state index in [1.807, 2.05) is 7.05 Å². The lowest BCUT2D eigenvalue weighted by molar-refractivity contribution is -0.144. The van der Waals surface area contributed by atoms with Crippen molar-refractivity contribution in [2.45, 2.75) is 65.3 Å². The lowest BCUT2D eigenvalue weighted by Gasteiger charge is -2.43. The molecular formula is C16H30N2O. The minimum Gasteiger partial charge on any atom is -0.342 e. The van der Waals surface area contributed by atoms with Crippen molar-refractivity contribution >= 4 is 5.91 Å². The number of hydrogen-bond acceptors (Lipinski definition) is 2. The number of nitrogens with zero attached hydrogens (tertiary/aromatic N) is 1. The van der Waals surface area contributed by atoms with Gasteiger partial charge < -0.3 is 10.2 Å². The predicted octanol–water partition coefficient (Wildman–Crippen LogP) is 2.80. The Morgan fingerprint density at radius 1 is 1.05 bits per heavy atom. The zero-order valence-electron chi connectivity index (χ0n) is 13.1. The van der Waals surface area contributed by atoms with Crippen molar-refractivity contribution in [2.75, 3.05) is 20.1 Å². The van der Waals surface area contributed by atoms with E-state index in [1.165, 1.54) is 25.7 Å². The van der Waals surface area contributed by atoms with Crippen molar-refractivity contribution in [3.8, 4) is 0 Å². The van der Waals surface area contributed by atoms with E-state index in [2.05, 4.69) is 31.0 Å². The van der Waals surface area contributed by atoms with Crippen LogP contribution < -0.4 is 5.32 Å². The van der Waals surface area contributed by atoms with E-state index in [-0.39, 0.29) is 5.41 Å². The quantitative estimate of drug-likeness (QED) is 0.833. The van der Waals surface area contributed by atoms with Crippen LogP contribution in [0.1, 0.15) is 59.3 Å². The van der Waals surface area contributed by atoms with Crippen LogP contribution in [-0.2, 0) is 4.79 Å². The Labute approximate surface area is 118 Å². The maximum Gasteiger partial charge on any atom is 0.228 e. The van der Waals surface area contributed by atoms with Crippen molar-refractivity contribution < 1.29 is 4.79 Å². The van der Waals surface area contributed by atoms with Gasteiger partial charge in [0.2, 0.25) is 5.91 Å². The normalized spacial score (nSPS) is 26.9. The minimum atomic E-state index is -0.132. The van der Waals surface area contributed by atoms with E-state index in [9.17, 15) is 4.79 Å². The fraction of sp³-hybridized carbons (Fsp3) is 0.938. The van der Waals surface area contributed by atoms with Crippen molar-refractivity contribution in [3.05, 3.63) is 0 Å². The summed E-state index contributed by atoms with van der Waals surface area (Å²) in [5.74, 6) is 0.374. The van der Waals surface area contributed by atoms with Gasteiger partial charge in [0, 0.05) is 18.5 Å². The Morgan fingerprint density at radius 2 is 1.58 bits per heavy atom. The highest BCUT2D eigenvalue weighted by Gasteiger charge is 2.39. The molecule has 0 radical (unpaired) electrons. The molecule has 2 rings (SSSR count). The zero-order valence-corrected chi connectivity index (χ0v) is 13.1. The first-order valence-electron chi connectivity index (χ1n) is 7.82. The van der Waals surface area contributed by atoms with Crippen molar-refractivity contribution in [1.29, 1.82) is 0 Å². The number of amides is 1. The van der Waals surface area contributed by atoms with Crippen LogP contribution in [0.2, 0.25) is 0 Å². The smallest absolute Gasteiger partial charge is 0.228 e. The monoisotopic (exact) mass is 266 g/mol. The number of hydrogen-bond donors (Lipinski definition) is 1. The van der Waals surface area contributed by atoms with Crippen molar-refractivity contribution in [2.24, 2.45) is 10.8 Å². The van der Waals surface area contributed by atoms with Crippen molar-refractivity contribution in [3.63, 3.8) is 0 Å². The van der Waals surface area contributed by atoms with Gasteiger partial charge in [-0.15, -0.1) is 0 Å². The number of carbonyl (C=O) groups excluding carboxylic acids is 1. The Morgan fingerprint density at radius 3 is 2.11 bits per heavy atom. The molecule has 1 aliphatic heterocycles. The van der Waals surface area contributed by atoms with Crippen LogP contribution in [0.25, 0.3) is 0 Å². The highest BCUT2D eigenvalue weighted by molar-refractivity contribution is 5.82. The van der Waals surface area contributed by atoms with E-state index in [0.717, 1.165) is 25.9 Å². The third-order valence-electron chi connectivity index (χ3n) is 5.40. The van der Waals surface area contributed by atoms with Crippen LogP contribution in [-0.4, -0.2) is 37.0 Å². The van der Waals surface area contributed by atoms with Crippen LogP contribution in [0, 0.1) is 10.8 Å². The Balaban J connectivity index is 1.95.